The van der Waals surface area contributed by atoms with Gasteiger partial charge in [-0.3, -0.25) is 4.79 Å². The third kappa shape index (κ3) is 4.57. The fourth-order valence-corrected chi connectivity index (χ4v) is 2.80. The Kier molecular flexibility index (Phi) is 5.27. The van der Waals surface area contributed by atoms with Crippen molar-refractivity contribution in [2.24, 2.45) is 0 Å². The summed E-state index contributed by atoms with van der Waals surface area (Å²) in [5.41, 5.74) is 3.32. The number of rotatable bonds is 5. The molecular formula is C19H23N3O. The molecule has 2 aromatic rings. The molecule has 0 saturated carbocycles. The van der Waals surface area contributed by atoms with E-state index in [1.54, 1.807) is 0 Å². The number of nitrogens with zero attached hydrogens (tertiary/aromatic N) is 1. The molecule has 120 valence electrons. The largest absolute Gasteiger partial charge is 0.369 e. The van der Waals surface area contributed by atoms with Gasteiger partial charge in [-0.05, 0) is 36.2 Å². The minimum Gasteiger partial charge on any atom is -0.369 e. The second kappa shape index (κ2) is 7.79. The Morgan fingerprint density at radius 3 is 2.39 bits per heavy atom. The normalized spacial score (nSPS) is 14.5. The summed E-state index contributed by atoms with van der Waals surface area (Å²) < 4.78 is 0. The highest BCUT2D eigenvalue weighted by Gasteiger charge is 2.10. The Morgan fingerprint density at radius 2 is 1.70 bits per heavy atom. The lowest BCUT2D eigenvalue weighted by molar-refractivity contribution is -0.116. The van der Waals surface area contributed by atoms with Gasteiger partial charge in [0, 0.05) is 44.0 Å². The van der Waals surface area contributed by atoms with Crippen LogP contribution in [0.15, 0.2) is 54.6 Å². The Hall–Kier alpha value is -2.33. The highest BCUT2D eigenvalue weighted by Crippen LogP contribution is 2.17. The molecule has 2 aromatic carbocycles. The van der Waals surface area contributed by atoms with Crippen LogP contribution in [0.25, 0.3) is 0 Å². The van der Waals surface area contributed by atoms with Crippen LogP contribution >= 0.6 is 0 Å². The Morgan fingerprint density at radius 1 is 1.00 bits per heavy atom. The molecule has 0 aromatic heterocycles. The van der Waals surface area contributed by atoms with Crippen molar-refractivity contribution in [1.82, 2.24) is 5.32 Å². The molecule has 0 radical (unpaired) electrons. The molecular weight excluding hydrogens is 286 g/mol. The van der Waals surface area contributed by atoms with Crippen molar-refractivity contribution in [3.63, 3.8) is 0 Å². The molecule has 0 spiro atoms. The van der Waals surface area contributed by atoms with E-state index in [2.05, 4.69) is 39.8 Å². The van der Waals surface area contributed by atoms with Crippen LogP contribution in [-0.4, -0.2) is 32.1 Å². The maximum Gasteiger partial charge on any atom is 0.224 e. The van der Waals surface area contributed by atoms with Gasteiger partial charge in [-0.2, -0.15) is 0 Å². The second-order valence-electron chi connectivity index (χ2n) is 5.82. The summed E-state index contributed by atoms with van der Waals surface area (Å²) >= 11 is 0. The zero-order chi connectivity index (χ0) is 15.9. The minimum absolute atomic E-state index is 0.0578. The Balaban J connectivity index is 1.49. The number of piperazine rings is 1. The van der Waals surface area contributed by atoms with Gasteiger partial charge < -0.3 is 15.5 Å². The first-order valence-corrected chi connectivity index (χ1v) is 8.21. The van der Waals surface area contributed by atoms with Crippen LogP contribution in [0.5, 0.6) is 0 Å². The number of hydrogen-bond acceptors (Lipinski definition) is 3. The molecule has 1 heterocycles. The van der Waals surface area contributed by atoms with Crippen molar-refractivity contribution in [2.75, 3.05) is 36.4 Å². The highest BCUT2D eigenvalue weighted by molar-refractivity contribution is 5.90. The fraction of sp³-hybridized carbons (Fsp3) is 0.316. The number of para-hydroxylation sites is 1. The van der Waals surface area contributed by atoms with Crippen LogP contribution in [0.3, 0.4) is 0 Å². The molecule has 0 aliphatic carbocycles. The third-order valence-electron chi connectivity index (χ3n) is 4.12. The SMILES string of the molecule is O=C(CCc1ccc(N2CCNCC2)cc1)Nc1ccccc1. The summed E-state index contributed by atoms with van der Waals surface area (Å²) in [6, 6.07) is 18.2. The zero-order valence-electron chi connectivity index (χ0n) is 13.3. The summed E-state index contributed by atoms with van der Waals surface area (Å²) in [6.07, 6.45) is 1.27. The van der Waals surface area contributed by atoms with E-state index in [4.69, 9.17) is 0 Å². The van der Waals surface area contributed by atoms with Crippen LogP contribution in [0.2, 0.25) is 0 Å². The quantitative estimate of drug-likeness (QED) is 0.892. The molecule has 23 heavy (non-hydrogen) atoms. The van der Waals surface area contributed by atoms with E-state index in [0.717, 1.165) is 38.3 Å². The Labute approximate surface area is 137 Å². The molecule has 4 nitrogen and oxygen atoms in total. The van der Waals surface area contributed by atoms with Gasteiger partial charge in [0.25, 0.3) is 0 Å². The average Bonchev–Trinajstić information content (AvgIpc) is 2.62. The van der Waals surface area contributed by atoms with Crippen molar-refractivity contribution in [1.29, 1.82) is 0 Å². The number of benzene rings is 2. The van der Waals surface area contributed by atoms with E-state index in [9.17, 15) is 4.79 Å². The molecule has 3 rings (SSSR count). The van der Waals surface area contributed by atoms with Crippen molar-refractivity contribution in [3.05, 3.63) is 60.2 Å². The molecule has 1 aliphatic heterocycles. The molecule has 0 bridgehead atoms. The number of nitrogens with one attached hydrogen (secondary N) is 2. The fourth-order valence-electron chi connectivity index (χ4n) is 2.80. The molecule has 4 heteroatoms. The molecule has 1 amide bonds. The van der Waals surface area contributed by atoms with Crippen LogP contribution in [0.1, 0.15) is 12.0 Å². The zero-order valence-corrected chi connectivity index (χ0v) is 13.3. The molecule has 2 N–H and O–H groups in total. The monoisotopic (exact) mass is 309 g/mol. The summed E-state index contributed by atoms with van der Waals surface area (Å²) in [4.78, 5) is 14.4. The first kappa shape index (κ1) is 15.6. The molecule has 0 unspecified atom stereocenters. The molecule has 0 atom stereocenters. The van der Waals surface area contributed by atoms with Gasteiger partial charge in [0.15, 0.2) is 0 Å². The summed E-state index contributed by atoms with van der Waals surface area (Å²) in [5, 5.41) is 6.28. The summed E-state index contributed by atoms with van der Waals surface area (Å²) in [6.45, 7) is 4.19. The maximum atomic E-state index is 12.0. The topological polar surface area (TPSA) is 44.4 Å². The second-order valence-corrected chi connectivity index (χ2v) is 5.82. The van der Waals surface area contributed by atoms with E-state index in [0.29, 0.717) is 6.42 Å². The van der Waals surface area contributed by atoms with Gasteiger partial charge in [-0.15, -0.1) is 0 Å². The first-order valence-electron chi connectivity index (χ1n) is 8.21. The lowest BCUT2D eigenvalue weighted by atomic mass is 10.1. The van der Waals surface area contributed by atoms with E-state index in [1.807, 2.05) is 30.3 Å². The smallest absolute Gasteiger partial charge is 0.224 e. The molecule has 1 saturated heterocycles. The van der Waals surface area contributed by atoms with Crippen LogP contribution in [0, 0.1) is 0 Å². The van der Waals surface area contributed by atoms with E-state index in [1.165, 1.54) is 11.3 Å². The number of amides is 1. The van der Waals surface area contributed by atoms with Crippen molar-refractivity contribution >= 4 is 17.3 Å². The number of carbonyl (C=O) groups is 1. The van der Waals surface area contributed by atoms with Crippen molar-refractivity contribution < 1.29 is 4.79 Å². The predicted molar refractivity (Wildman–Crippen MR) is 94.9 cm³/mol. The van der Waals surface area contributed by atoms with Gasteiger partial charge in [0.1, 0.15) is 0 Å². The van der Waals surface area contributed by atoms with Crippen LogP contribution in [-0.2, 0) is 11.2 Å². The van der Waals surface area contributed by atoms with Crippen LogP contribution < -0.4 is 15.5 Å². The van der Waals surface area contributed by atoms with Gasteiger partial charge in [0.2, 0.25) is 5.91 Å². The predicted octanol–water partition coefficient (Wildman–Crippen LogP) is 2.67. The van der Waals surface area contributed by atoms with E-state index < -0.39 is 0 Å². The standard InChI is InChI=1S/C19H23N3O/c23-19(21-17-4-2-1-3-5-17)11-8-16-6-9-18(10-7-16)22-14-12-20-13-15-22/h1-7,9-10,20H,8,11-15H2,(H,21,23). The van der Waals surface area contributed by atoms with Crippen molar-refractivity contribution in [3.8, 4) is 0 Å². The number of hydrogen-bond donors (Lipinski definition) is 2. The average molecular weight is 309 g/mol. The van der Waals surface area contributed by atoms with Gasteiger partial charge >= 0.3 is 0 Å². The first-order chi connectivity index (χ1) is 11.3. The number of anilines is 2. The van der Waals surface area contributed by atoms with Crippen LogP contribution in [0.4, 0.5) is 11.4 Å². The van der Waals surface area contributed by atoms with Gasteiger partial charge in [0.05, 0.1) is 0 Å². The summed E-state index contributed by atoms with van der Waals surface area (Å²) in [7, 11) is 0. The minimum atomic E-state index is 0.0578. The van der Waals surface area contributed by atoms with Gasteiger partial charge in [-0.1, -0.05) is 30.3 Å². The molecule has 1 aliphatic rings. The molecule has 1 fully saturated rings. The summed E-state index contributed by atoms with van der Waals surface area (Å²) in [5.74, 6) is 0.0578. The third-order valence-corrected chi connectivity index (χ3v) is 4.12. The van der Waals surface area contributed by atoms with Crippen molar-refractivity contribution in [2.45, 2.75) is 12.8 Å². The highest BCUT2D eigenvalue weighted by atomic mass is 16.1. The van der Waals surface area contributed by atoms with E-state index >= 15 is 0 Å². The van der Waals surface area contributed by atoms with E-state index in [-0.39, 0.29) is 5.91 Å². The Bertz CT molecular complexity index is 619. The number of aryl methyl sites for hydroxylation is 1. The maximum absolute atomic E-state index is 12.0. The number of carbonyl (C=O) groups excluding carboxylic acids is 1. The van der Waals surface area contributed by atoms with Gasteiger partial charge in [-0.25, -0.2) is 0 Å². The lowest BCUT2D eigenvalue weighted by Crippen LogP contribution is -2.43. The lowest BCUT2D eigenvalue weighted by Gasteiger charge is -2.29.